The van der Waals surface area contributed by atoms with Crippen molar-refractivity contribution >= 4 is 39.6 Å². The van der Waals surface area contributed by atoms with Crippen molar-refractivity contribution in [2.24, 2.45) is 0 Å². The molecular formula is C15H18BrN5O2S. The molecule has 3 amide bonds. The number of halogens is 1. The van der Waals surface area contributed by atoms with Gasteiger partial charge in [0.15, 0.2) is 5.82 Å². The number of hydrogen-bond donors (Lipinski definition) is 3. The van der Waals surface area contributed by atoms with Gasteiger partial charge in [-0.05, 0) is 26.8 Å². The molecular weight excluding hydrogens is 394 g/mol. The Labute approximate surface area is 152 Å². The van der Waals surface area contributed by atoms with Gasteiger partial charge in [0.1, 0.15) is 0 Å². The topological polar surface area (TPSA) is 99.8 Å². The SMILES string of the molecule is CC(C)NC(=O)NC(=O)[C@@H](C)Sc1n[nH]c(-c2ccccc2Br)n1. The van der Waals surface area contributed by atoms with Crippen molar-refractivity contribution in [3.05, 3.63) is 28.7 Å². The van der Waals surface area contributed by atoms with E-state index in [4.69, 9.17) is 0 Å². The van der Waals surface area contributed by atoms with Crippen LogP contribution in [0, 0.1) is 0 Å². The monoisotopic (exact) mass is 411 g/mol. The Hall–Kier alpha value is -1.87. The number of rotatable bonds is 5. The van der Waals surface area contributed by atoms with Crippen LogP contribution in [0.4, 0.5) is 4.79 Å². The maximum atomic E-state index is 12.0. The molecule has 2 rings (SSSR count). The largest absolute Gasteiger partial charge is 0.336 e. The summed E-state index contributed by atoms with van der Waals surface area (Å²) in [5.74, 6) is 0.209. The molecule has 1 heterocycles. The zero-order valence-corrected chi connectivity index (χ0v) is 15.9. The van der Waals surface area contributed by atoms with E-state index in [9.17, 15) is 9.59 Å². The molecule has 24 heavy (non-hydrogen) atoms. The number of benzene rings is 1. The summed E-state index contributed by atoms with van der Waals surface area (Å²) in [6, 6.07) is 7.08. The van der Waals surface area contributed by atoms with Gasteiger partial charge in [0, 0.05) is 16.1 Å². The van der Waals surface area contributed by atoms with Gasteiger partial charge in [-0.1, -0.05) is 45.9 Å². The van der Waals surface area contributed by atoms with Crippen LogP contribution in [0.5, 0.6) is 0 Å². The van der Waals surface area contributed by atoms with Crippen molar-refractivity contribution in [3.8, 4) is 11.4 Å². The Balaban J connectivity index is 1.98. The predicted molar refractivity (Wildman–Crippen MR) is 96.6 cm³/mol. The average molecular weight is 412 g/mol. The van der Waals surface area contributed by atoms with Crippen molar-refractivity contribution in [1.29, 1.82) is 0 Å². The number of H-pyrrole nitrogens is 1. The summed E-state index contributed by atoms with van der Waals surface area (Å²) in [4.78, 5) is 27.9. The first-order valence-corrected chi connectivity index (χ1v) is 8.99. The molecule has 2 aromatic rings. The van der Waals surface area contributed by atoms with Gasteiger partial charge in [-0.15, -0.1) is 5.10 Å². The summed E-state index contributed by atoms with van der Waals surface area (Å²) in [6.45, 7) is 5.33. The minimum absolute atomic E-state index is 0.0411. The average Bonchev–Trinajstić information content (AvgIpc) is 2.94. The number of thioether (sulfide) groups is 1. The predicted octanol–water partition coefficient (Wildman–Crippen LogP) is 2.95. The van der Waals surface area contributed by atoms with Gasteiger partial charge >= 0.3 is 6.03 Å². The maximum absolute atomic E-state index is 12.0. The van der Waals surface area contributed by atoms with Crippen LogP contribution in [0.25, 0.3) is 11.4 Å². The summed E-state index contributed by atoms with van der Waals surface area (Å²) >= 11 is 4.63. The van der Waals surface area contributed by atoms with Gasteiger partial charge in [0.05, 0.1) is 5.25 Å². The van der Waals surface area contributed by atoms with E-state index in [1.807, 2.05) is 38.1 Å². The van der Waals surface area contributed by atoms with E-state index >= 15 is 0 Å². The normalized spacial score (nSPS) is 12.0. The molecule has 1 aromatic heterocycles. The number of nitrogens with one attached hydrogen (secondary N) is 3. The third-order valence-corrected chi connectivity index (χ3v) is 4.55. The van der Waals surface area contributed by atoms with Crippen molar-refractivity contribution in [3.63, 3.8) is 0 Å². The van der Waals surface area contributed by atoms with E-state index < -0.39 is 17.2 Å². The number of carbonyl (C=O) groups excluding carboxylic acids is 2. The number of aromatic amines is 1. The quantitative estimate of drug-likeness (QED) is 0.656. The Bertz CT molecular complexity index is 734. The van der Waals surface area contributed by atoms with Crippen LogP contribution in [0.3, 0.4) is 0 Å². The fourth-order valence-electron chi connectivity index (χ4n) is 1.80. The zero-order valence-electron chi connectivity index (χ0n) is 13.5. The first-order chi connectivity index (χ1) is 11.4. The van der Waals surface area contributed by atoms with Gasteiger partial charge in [-0.2, -0.15) is 0 Å². The van der Waals surface area contributed by atoms with Crippen LogP contribution in [0.2, 0.25) is 0 Å². The molecule has 7 nitrogen and oxygen atoms in total. The number of imide groups is 1. The molecule has 1 atom stereocenters. The second kappa shape index (κ2) is 8.29. The maximum Gasteiger partial charge on any atom is 0.321 e. The second-order valence-corrected chi connectivity index (χ2v) is 7.49. The van der Waals surface area contributed by atoms with Gasteiger partial charge in [-0.3, -0.25) is 15.2 Å². The minimum atomic E-state index is -0.509. The van der Waals surface area contributed by atoms with Crippen LogP contribution in [-0.4, -0.2) is 38.4 Å². The van der Waals surface area contributed by atoms with Crippen molar-refractivity contribution < 1.29 is 9.59 Å². The van der Waals surface area contributed by atoms with Gasteiger partial charge in [0.2, 0.25) is 11.1 Å². The van der Waals surface area contributed by atoms with Crippen LogP contribution < -0.4 is 10.6 Å². The highest BCUT2D eigenvalue weighted by Crippen LogP contribution is 2.27. The fourth-order valence-corrected chi connectivity index (χ4v) is 2.99. The van der Waals surface area contributed by atoms with Crippen LogP contribution in [0.15, 0.2) is 33.9 Å². The van der Waals surface area contributed by atoms with Gasteiger partial charge in [0.25, 0.3) is 0 Å². The number of nitrogens with zero attached hydrogens (tertiary/aromatic N) is 2. The molecule has 9 heteroatoms. The van der Waals surface area contributed by atoms with E-state index in [1.54, 1.807) is 6.92 Å². The smallest absolute Gasteiger partial charge is 0.321 e. The second-order valence-electron chi connectivity index (χ2n) is 5.32. The van der Waals surface area contributed by atoms with E-state index in [1.165, 1.54) is 11.8 Å². The Kier molecular flexibility index (Phi) is 6.38. The van der Waals surface area contributed by atoms with Crippen molar-refractivity contribution in [1.82, 2.24) is 25.8 Å². The number of hydrogen-bond acceptors (Lipinski definition) is 5. The lowest BCUT2D eigenvalue weighted by Gasteiger charge is -2.11. The fraction of sp³-hybridized carbons (Fsp3) is 0.333. The van der Waals surface area contributed by atoms with E-state index in [0.717, 1.165) is 10.0 Å². The highest BCUT2D eigenvalue weighted by atomic mass is 79.9. The van der Waals surface area contributed by atoms with Crippen molar-refractivity contribution in [2.75, 3.05) is 0 Å². The summed E-state index contributed by atoms with van der Waals surface area (Å²) in [5.41, 5.74) is 0.880. The molecule has 1 aromatic carbocycles. The lowest BCUT2D eigenvalue weighted by atomic mass is 10.2. The third-order valence-electron chi connectivity index (χ3n) is 2.90. The molecule has 3 N–H and O–H groups in total. The number of carbonyl (C=O) groups is 2. The minimum Gasteiger partial charge on any atom is -0.336 e. The molecule has 0 fully saturated rings. The first kappa shape index (κ1) is 18.5. The van der Waals surface area contributed by atoms with Crippen LogP contribution in [0.1, 0.15) is 20.8 Å². The lowest BCUT2D eigenvalue weighted by Crippen LogP contribution is -2.45. The van der Waals surface area contributed by atoms with E-state index in [2.05, 4.69) is 41.7 Å². The molecule has 0 aliphatic heterocycles. The Morgan fingerprint density at radius 3 is 2.62 bits per heavy atom. The standard InChI is InChI=1S/C15H18BrN5O2S/c1-8(2)17-14(23)19-13(22)9(3)24-15-18-12(20-21-15)10-6-4-5-7-11(10)16/h4-9H,1-3H3,(H,18,20,21)(H2,17,19,22,23)/t9-/m1/s1. The molecule has 0 radical (unpaired) electrons. The third kappa shape index (κ3) is 5.07. The molecule has 0 spiro atoms. The summed E-state index contributed by atoms with van der Waals surface area (Å²) in [7, 11) is 0. The molecule has 128 valence electrons. The molecule has 0 aliphatic carbocycles. The molecule has 0 saturated carbocycles. The number of urea groups is 1. The van der Waals surface area contributed by atoms with Gasteiger partial charge in [-0.25, -0.2) is 9.78 Å². The number of amides is 3. The summed E-state index contributed by atoms with van der Waals surface area (Å²) in [6.07, 6.45) is 0. The molecule has 0 saturated heterocycles. The summed E-state index contributed by atoms with van der Waals surface area (Å²) < 4.78 is 0.897. The van der Waals surface area contributed by atoms with Gasteiger partial charge < -0.3 is 5.32 Å². The first-order valence-electron chi connectivity index (χ1n) is 7.32. The van der Waals surface area contributed by atoms with Crippen molar-refractivity contribution in [2.45, 2.75) is 37.2 Å². The highest BCUT2D eigenvalue weighted by molar-refractivity contribution is 9.10. The van der Waals surface area contributed by atoms with E-state index in [-0.39, 0.29) is 6.04 Å². The van der Waals surface area contributed by atoms with Crippen LogP contribution >= 0.6 is 27.7 Å². The molecule has 0 bridgehead atoms. The zero-order chi connectivity index (χ0) is 17.7. The number of aromatic nitrogens is 3. The summed E-state index contributed by atoms with van der Waals surface area (Å²) in [5, 5.41) is 11.8. The molecule has 0 unspecified atom stereocenters. The lowest BCUT2D eigenvalue weighted by molar-refractivity contribution is -0.119. The highest BCUT2D eigenvalue weighted by Gasteiger charge is 2.20. The van der Waals surface area contributed by atoms with E-state index in [0.29, 0.717) is 11.0 Å². The molecule has 0 aliphatic rings. The Morgan fingerprint density at radius 2 is 1.96 bits per heavy atom. The Morgan fingerprint density at radius 1 is 1.25 bits per heavy atom. The van der Waals surface area contributed by atoms with Crippen LogP contribution in [-0.2, 0) is 4.79 Å².